The lowest BCUT2D eigenvalue weighted by Gasteiger charge is -2.32. The quantitative estimate of drug-likeness (QED) is 0.252. The predicted molar refractivity (Wildman–Crippen MR) is 143 cm³/mol. The van der Waals surface area contributed by atoms with Gasteiger partial charge in [-0.3, -0.25) is 9.69 Å². The number of likely N-dealkylation sites (tertiary alicyclic amines) is 1. The zero-order chi connectivity index (χ0) is 22.0. The van der Waals surface area contributed by atoms with Crippen molar-refractivity contribution in [1.29, 1.82) is 0 Å². The summed E-state index contributed by atoms with van der Waals surface area (Å²) in [5.41, 5.74) is 2.20. The van der Waals surface area contributed by atoms with Crippen molar-refractivity contribution in [3.05, 3.63) is 48.2 Å². The zero-order valence-electron chi connectivity index (χ0n) is 18.9. The summed E-state index contributed by atoms with van der Waals surface area (Å²) in [6.45, 7) is 13.4. The van der Waals surface area contributed by atoms with E-state index < -0.39 is 4.08 Å². The molecule has 1 aromatic carbocycles. The molecule has 0 saturated carbocycles. The van der Waals surface area contributed by atoms with Crippen LogP contribution in [0.25, 0.3) is 0 Å². The SMILES string of the molecule is C=C1C(c2ccccc2)C(SCCC)(SCCC)C(=O)N1C(SCCC)SCCC. The Morgan fingerprint density at radius 2 is 1.40 bits per heavy atom. The molecule has 0 spiro atoms. The van der Waals surface area contributed by atoms with Crippen LogP contribution in [-0.2, 0) is 4.79 Å². The van der Waals surface area contributed by atoms with Crippen molar-refractivity contribution in [1.82, 2.24) is 4.90 Å². The molecule has 168 valence electrons. The van der Waals surface area contributed by atoms with Gasteiger partial charge in [0.2, 0.25) is 0 Å². The van der Waals surface area contributed by atoms with E-state index in [0.29, 0.717) is 0 Å². The maximum atomic E-state index is 14.2. The van der Waals surface area contributed by atoms with E-state index in [1.807, 2.05) is 47.0 Å². The first-order valence-electron chi connectivity index (χ1n) is 11.2. The maximum Gasteiger partial charge on any atom is 0.255 e. The second-order valence-corrected chi connectivity index (χ2v) is 13.0. The highest BCUT2D eigenvalue weighted by Gasteiger charge is 2.59. The molecule has 1 saturated heterocycles. The Balaban J connectivity index is 2.52. The third-order valence-electron chi connectivity index (χ3n) is 4.85. The van der Waals surface area contributed by atoms with Gasteiger partial charge in [0.1, 0.15) is 4.71 Å². The van der Waals surface area contributed by atoms with Crippen LogP contribution in [0.3, 0.4) is 0 Å². The number of rotatable bonds is 14. The summed E-state index contributed by atoms with van der Waals surface area (Å²) >= 11 is 7.50. The Kier molecular flexibility index (Phi) is 11.6. The van der Waals surface area contributed by atoms with Gasteiger partial charge in [0.15, 0.2) is 4.08 Å². The number of nitrogens with zero attached hydrogens (tertiary/aromatic N) is 1. The van der Waals surface area contributed by atoms with Gasteiger partial charge in [-0.05, 0) is 54.3 Å². The monoisotopic (exact) mass is 483 g/mol. The van der Waals surface area contributed by atoms with Crippen molar-refractivity contribution in [2.75, 3.05) is 23.0 Å². The first-order chi connectivity index (χ1) is 14.6. The highest BCUT2D eigenvalue weighted by Crippen LogP contribution is 2.59. The lowest BCUT2D eigenvalue weighted by Crippen LogP contribution is -2.40. The number of amides is 1. The van der Waals surface area contributed by atoms with E-state index in [-0.39, 0.29) is 16.5 Å². The molecule has 2 nitrogen and oxygen atoms in total. The third-order valence-corrected chi connectivity index (χ3v) is 11.6. The van der Waals surface area contributed by atoms with Crippen molar-refractivity contribution in [3.8, 4) is 0 Å². The first kappa shape index (κ1) is 26.1. The Morgan fingerprint density at radius 1 is 0.900 bits per heavy atom. The number of thioether (sulfide) groups is 4. The minimum atomic E-state index is -0.512. The summed E-state index contributed by atoms with van der Waals surface area (Å²) in [6.07, 6.45) is 4.37. The van der Waals surface area contributed by atoms with E-state index in [9.17, 15) is 4.79 Å². The van der Waals surface area contributed by atoms with Crippen LogP contribution in [0.4, 0.5) is 0 Å². The minimum Gasteiger partial charge on any atom is -0.292 e. The van der Waals surface area contributed by atoms with Crippen molar-refractivity contribution < 1.29 is 4.79 Å². The van der Waals surface area contributed by atoms with Crippen LogP contribution >= 0.6 is 47.0 Å². The van der Waals surface area contributed by atoms with Crippen LogP contribution in [0.2, 0.25) is 0 Å². The summed E-state index contributed by atoms with van der Waals surface area (Å²) < 4.78 is -0.398. The molecule has 1 heterocycles. The van der Waals surface area contributed by atoms with Crippen LogP contribution in [0, 0.1) is 0 Å². The molecule has 30 heavy (non-hydrogen) atoms. The molecule has 2 rings (SSSR count). The molecule has 1 atom stereocenters. The lowest BCUT2D eigenvalue weighted by molar-refractivity contribution is -0.126. The molecule has 0 bridgehead atoms. The fraction of sp³-hybridized carbons (Fsp3) is 0.625. The van der Waals surface area contributed by atoms with Gasteiger partial charge in [0.05, 0.1) is 5.92 Å². The molecule has 0 aromatic heterocycles. The average molecular weight is 484 g/mol. The van der Waals surface area contributed by atoms with Gasteiger partial charge in [0, 0.05) is 5.70 Å². The van der Waals surface area contributed by atoms with Gasteiger partial charge in [-0.1, -0.05) is 64.6 Å². The van der Waals surface area contributed by atoms with Gasteiger partial charge >= 0.3 is 0 Å². The minimum absolute atomic E-state index is 0.0197. The molecule has 1 unspecified atom stereocenters. The standard InChI is InChI=1S/C24H37NOS4/c1-6-15-27-23(28-16-7-2)25-19(5)21(20-13-11-10-12-14-20)24(22(25)26,29-17-8-3)30-18-9-4/h10-14,21,23H,5-9,15-18H2,1-4H3. The topological polar surface area (TPSA) is 20.3 Å². The second kappa shape index (κ2) is 13.4. The van der Waals surface area contributed by atoms with E-state index in [1.54, 1.807) is 0 Å². The van der Waals surface area contributed by atoms with Crippen LogP contribution < -0.4 is 0 Å². The van der Waals surface area contributed by atoms with Crippen LogP contribution in [-0.4, -0.2) is 42.6 Å². The van der Waals surface area contributed by atoms with Crippen molar-refractivity contribution in [2.45, 2.75) is 68.1 Å². The molecule has 1 amide bonds. The van der Waals surface area contributed by atoms with Gasteiger partial charge in [-0.25, -0.2) is 0 Å². The highest BCUT2D eigenvalue weighted by atomic mass is 32.2. The summed E-state index contributed by atoms with van der Waals surface area (Å²) in [7, 11) is 0. The molecule has 1 aliphatic heterocycles. The largest absolute Gasteiger partial charge is 0.292 e. The van der Waals surface area contributed by atoms with E-state index in [1.165, 1.54) is 5.56 Å². The Morgan fingerprint density at radius 3 is 1.87 bits per heavy atom. The van der Waals surface area contributed by atoms with E-state index >= 15 is 0 Å². The molecule has 0 radical (unpaired) electrons. The third kappa shape index (κ3) is 5.99. The van der Waals surface area contributed by atoms with Crippen molar-refractivity contribution in [3.63, 3.8) is 0 Å². The number of hydrogen-bond donors (Lipinski definition) is 0. The summed E-state index contributed by atoms with van der Waals surface area (Å²) in [6, 6.07) is 10.6. The normalized spacial score (nSPS) is 18.6. The van der Waals surface area contributed by atoms with Crippen molar-refractivity contribution in [2.24, 2.45) is 0 Å². The average Bonchev–Trinajstić information content (AvgIpc) is 2.98. The fourth-order valence-corrected chi connectivity index (χ4v) is 9.31. The Labute approximate surface area is 201 Å². The fourth-order valence-electron chi connectivity index (χ4n) is 3.54. The highest BCUT2D eigenvalue weighted by molar-refractivity contribution is 8.19. The predicted octanol–water partition coefficient (Wildman–Crippen LogP) is 7.68. The summed E-state index contributed by atoms with van der Waals surface area (Å²) in [4.78, 5) is 16.3. The summed E-state index contributed by atoms with van der Waals surface area (Å²) in [5, 5.41) is 0. The molecule has 0 aliphatic carbocycles. The number of carbonyl (C=O) groups excluding carboxylic acids is 1. The number of carbonyl (C=O) groups is 1. The maximum absolute atomic E-state index is 14.2. The molecular weight excluding hydrogens is 447 g/mol. The molecule has 0 N–H and O–H groups in total. The van der Waals surface area contributed by atoms with Crippen LogP contribution in [0.5, 0.6) is 0 Å². The Bertz CT molecular complexity index is 650. The molecule has 1 aromatic rings. The number of hydrogen-bond acceptors (Lipinski definition) is 5. The number of benzene rings is 1. The van der Waals surface area contributed by atoms with Crippen LogP contribution in [0.15, 0.2) is 42.6 Å². The van der Waals surface area contributed by atoms with Gasteiger partial charge in [0.25, 0.3) is 5.91 Å². The molecule has 1 fully saturated rings. The first-order valence-corrected chi connectivity index (χ1v) is 15.2. The van der Waals surface area contributed by atoms with Crippen molar-refractivity contribution >= 4 is 53.0 Å². The summed E-state index contributed by atoms with van der Waals surface area (Å²) in [5.74, 6) is 4.38. The van der Waals surface area contributed by atoms with Gasteiger partial charge in [-0.2, -0.15) is 0 Å². The van der Waals surface area contributed by atoms with Crippen LogP contribution in [0.1, 0.15) is 64.9 Å². The molecule has 6 heteroatoms. The molecule has 1 aliphatic rings. The van der Waals surface area contributed by atoms with Gasteiger partial charge in [-0.15, -0.1) is 47.0 Å². The zero-order valence-corrected chi connectivity index (χ0v) is 22.2. The van der Waals surface area contributed by atoms with E-state index in [2.05, 4.69) is 69.5 Å². The lowest BCUT2D eigenvalue weighted by atomic mass is 9.95. The van der Waals surface area contributed by atoms with E-state index in [4.69, 9.17) is 0 Å². The molecular formula is C24H37NOS4. The second-order valence-electron chi connectivity index (χ2n) is 7.42. The number of allylic oxidation sites excluding steroid dienone is 1. The Hall–Kier alpha value is -0.170. The van der Waals surface area contributed by atoms with Gasteiger partial charge < -0.3 is 0 Å². The van der Waals surface area contributed by atoms with E-state index in [0.717, 1.165) is 54.4 Å². The smallest absolute Gasteiger partial charge is 0.255 e.